The standard InChI is InChI=1S/C14H21N3O3/c1-10-5-6-12(11(9-10)13(18)19)16-14(20)15-7-4-8-17(2)3/h5-6,9H,4,7-8H2,1-3H3,(H,18,19)(H2,15,16,20). The third-order valence-corrected chi connectivity index (χ3v) is 2.72. The lowest BCUT2D eigenvalue weighted by Gasteiger charge is -2.12. The molecule has 20 heavy (non-hydrogen) atoms. The van der Waals surface area contributed by atoms with Crippen LogP contribution in [-0.4, -0.2) is 49.2 Å². The van der Waals surface area contributed by atoms with Gasteiger partial charge in [0.1, 0.15) is 0 Å². The number of benzene rings is 1. The maximum Gasteiger partial charge on any atom is 0.337 e. The molecule has 0 aliphatic heterocycles. The number of aryl methyl sites for hydroxylation is 1. The van der Waals surface area contributed by atoms with Crippen LogP contribution in [0.25, 0.3) is 0 Å². The number of amides is 2. The summed E-state index contributed by atoms with van der Waals surface area (Å²) in [6.07, 6.45) is 0.833. The van der Waals surface area contributed by atoms with Gasteiger partial charge in [-0.25, -0.2) is 9.59 Å². The van der Waals surface area contributed by atoms with E-state index in [9.17, 15) is 9.59 Å². The van der Waals surface area contributed by atoms with Crippen LogP contribution < -0.4 is 10.6 Å². The van der Waals surface area contributed by atoms with Gasteiger partial charge in [-0.3, -0.25) is 0 Å². The van der Waals surface area contributed by atoms with Gasteiger partial charge < -0.3 is 20.6 Å². The molecule has 0 unspecified atom stereocenters. The summed E-state index contributed by atoms with van der Waals surface area (Å²) in [6.45, 7) is 3.22. The maximum absolute atomic E-state index is 11.7. The first kappa shape index (κ1) is 16.0. The zero-order valence-electron chi connectivity index (χ0n) is 12.1. The average molecular weight is 279 g/mol. The molecule has 1 aromatic carbocycles. The molecule has 0 aromatic heterocycles. The van der Waals surface area contributed by atoms with E-state index in [4.69, 9.17) is 5.11 Å². The Labute approximate surface area is 118 Å². The first-order chi connectivity index (χ1) is 9.40. The summed E-state index contributed by atoms with van der Waals surface area (Å²) < 4.78 is 0. The van der Waals surface area contributed by atoms with Crippen molar-refractivity contribution in [1.82, 2.24) is 10.2 Å². The molecule has 0 spiro atoms. The Morgan fingerprint density at radius 3 is 2.60 bits per heavy atom. The van der Waals surface area contributed by atoms with Crippen molar-refractivity contribution < 1.29 is 14.7 Å². The Kier molecular flexibility index (Phi) is 5.99. The molecule has 6 nitrogen and oxygen atoms in total. The van der Waals surface area contributed by atoms with E-state index in [0.29, 0.717) is 12.2 Å². The second-order valence-electron chi connectivity index (χ2n) is 4.89. The number of hydrogen-bond acceptors (Lipinski definition) is 3. The van der Waals surface area contributed by atoms with Crippen LogP contribution in [0.3, 0.4) is 0 Å². The molecule has 0 aliphatic carbocycles. The normalized spacial score (nSPS) is 10.4. The van der Waals surface area contributed by atoms with Crippen molar-refractivity contribution in [2.24, 2.45) is 0 Å². The number of aromatic carboxylic acids is 1. The molecular formula is C14H21N3O3. The van der Waals surface area contributed by atoms with Gasteiger partial charge in [-0.1, -0.05) is 11.6 Å². The van der Waals surface area contributed by atoms with E-state index >= 15 is 0 Å². The van der Waals surface area contributed by atoms with Gasteiger partial charge in [0.15, 0.2) is 0 Å². The van der Waals surface area contributed by atoms with Crippen LogP contribution in [0.2, 0.25) is 0 Å². The van der Waals surface area contributed by atoms with Gasteiger partial charge in [0.25, 0.3) is 0 Å². The molecule has 0 bridgehead atoms. The zero-order valence-corrected chi connectivity index (χ0v) is 12.1. The molecule has 0 aliphatic rings. The SMILES string of the molecule is Cc1ccc(NC(=O)NCCCN(C)C)c(C(=O)O)c1. The van der Waals surface area contributed by atoms with E-state index in [1.54, 1.807) is 19.1 Å². The van der Waals surface area contributed by atoms with E-state index in [-0.39, 0.29) is 5.56 Å². The van der Waals surface area contributed by atoms with Crippen molar-refractivity contribution in [3.05, 3.63) is 29.3 Å². The number of nitrogens with zero attached hydrogens (tertiary/aromatic N) is 1. The van der Waals surface area contributed by atoms with E-state index in [1.807, 2.05) is 19.0 Å². The fourth-order valence-electron chi connectivity index (χ4n) is 1.71. The van der Waals surface area contributed by atoms with Crippen LogP contribution in [0.5, 0.6) is 0 Å². The van der Waals surface area contributed by atoms with Crippen LogP contribution in [0, 0.1) is 6.92 Å². The topological polar surface area (TPSA) is 81.7 Å². The van der Waals surface area contributed by atoms with Crippen molar-refractivity contribution in [3.63, 3.8) is 0 Å². The number of carboxylic acid groups (broad SMARTS) is 1. The highest BCUT2D eigenvalue weighted by atomic mass is 16.4. The zero-order chi connectivity index (χ0) is 15.1. The highest BCUT2D eigenvalue weighted by Crippen LogP contribution is 2.17. The molecule has 0 heterocycles. The summed E-state index contributed by atoms with van der Waals surface area (Å²) in [7, 11) is 3.93. The van der Waals surface area contributed by atoms with Crippen LogP contribution in [-0.2, 0) is 0 Å². The third-order valence-electron chi connectivity index (χ3n) is 2.72. The number of carbonyl (C=O) groups is 2. The minimum Gasteiger partial charge on any atom is -0.478 e. The van der Waals surface area contributed by atoms with E-state index in [1.165, 1.54) is 6.07 Å². The fourth-order valence-corrected chi connectivity index (χ4v) is 1.71. The number of carboxylic acids is 1. The number of carbonyl (C=O) groups excluding carboxylic acids is 1. The highest BCUT2D eigenvalue weighted by Gasteiger charge is 2.12. The summed E-state index contributed by atoms with van der Waals surface area (Å²) in [4.78, 5) is 24.8. The smallest absolute Gasteiger partial charge is 0.337 e. The lowest BCUT2D eigenvalue weighted by atomic mass is 10.1. The molecule has 110 valence electrons. The molecular weight excluding hydrogens is 258 g/mol. The molecule has 0 radical (unpaired) electrons. The van der Waals surface area contributed by atoms with Gasteiger partial charge in [-0.15, -0.1) is 0 Å². The van der Waals surface area contributed by atoms with Gasteiger partial charge in [0.2, 0.25) is 0 Å². The van der Waals surface area contributed by atoms with Gasteiger partial charge in [-0.05, 0) is 46.1 Å². The fraction of sp³-hybridized carbons (Fsp3) is 0.429. The number of anilines is 1. The predicted octanol–water partition coefficient (Wildman–Crippen LogP) is 1.77. The lowest BCUT2D eigenvalue weighted by Crippen LogP contribution is -2.31. The summed E-state index contributed by atoms with van der Waals surface area (Å²) in [5.74, 6) is -1.06. The Morgan fingerprint density at radius 2 is 2.00 bits per heavy atom. The van der Waals surface area contributed by atoms with Crippen molar-refractivity contribution in [3.8, 4) is 0 Å². The molecule has 0 saturated carbocycles. The number of hydrogen-bond donors (Lipinski definition) is 3. The largest absolute Gasteiger partial charge is 0.478 e. The van der Waals surface area contributed by atoms with Crippen LogP contribution in [0.15, 0.2) is 18.2 Å². The first-order valence-corrected chi connectivity index (χ1v) is 6.43. The Balaban J connectivity index is 2.55. The van der Waals surface area contributed by atoms with Gasteiger partial charge in [0.05, 0.1) is 11.3 Å². The quantitative estimate of drug-likeness (QED) is 0.693. The minimum absolute atomic E-state index is 0.0911. The summed E-state index contributed by atoms with van der Waals surface area (Å²) >= 11 is 0. The van der Waals surface area contributed by atoms with Gasteiger partial charge in [-0.2, -0.15) is 0 Å². The Hall–Kier alpha value is -2.08. The van der Waals surface area contributed by atoms with Gasteiger partial charge >= 0.3 is 12.0 Å². The van der Waals surface area contributed by atoms with E-state index in [2.05, 4.69) is 10.6 Å². The number of rotatable bonds is 6. The summed E-state index contributed by atoms with van der Waals surface area (Å²) in [6, 6.07) is 4.49. The molecule has 1 aromatic rings. The molecule has 3 N–H and O–H groups in total. The third kappa shape index (κ3) is 5.27. The first-order valence-electron chi connectivity index (χ1n) is 6.43. The number of nitrogens with one attached hydrogen (secondary N) is 2. The lowest BCUT2D eigenvalue weighted by molar-refractivity contribution is 0.0698. The van der Waals surface area contributed by atoms with Crippen LogP contribution in [0.4, 0.5) is 10.5 Å². The number of urea groups is 1. The molecule has 6 heteroatoms. The highest BCUT2D eigenvalue weighted by molar-refractivity contribution is 6.00. The van der Waals surface area contributed by atoms with Crippen molar-refractivity contribution in [2.75, 3.05) is 32.5 Å². The summed E-state index contributed by atoms with van der Waals surface area (Å²) in [5, 5.41) is 14.4. The molecule has 0 saturated heterocycles. The molecule has 2 amide bonds. The second-order valence-corrected chi connectivity index (χ2v) is 4.89. The van der Waals surface area contributed by atoms with E-state index in [0.717, 1.165) is 18.5 Å². The van der Waals surface area contributed by atoms with E-state index < -0.39 is 12.0 Å². The molecule has 0 atom stereocenters. The monoisotopic (exact) mass is 279 g/mol. The average Bonchev–Trinajstić information content (AvgIpc) is 2.36. The van der Waals surface area contributed by atoms with Crippen LogP contribution >= 0.6 is 0 Å². The molecule has 0 fully saturated rings. The predicted molar refractivity (Wildman–Crippen MR) is 78.3 cm³/mol. The molecule has 1 rings (SSSR count). The maximum atomic E-state index is 11.7. The minimum atomic E-state index is -1.06. The van der Waals surface area contributed by atoms with Gasteiger partial charge in [0, 0.05) is 6.54 Å². The van der Waals surface area contributed by atoms with Crippen LogP contribution in [0.1, 0.15) is 22.3 Å². The Morgan fingerprint density at radius 1 is 1.30 bits per heavy atom. The second kappa shape index (κ2) is 7.49. The van der Waals surface area contributed by atoms with Crippen molar-refractivity contribution in [1.29, 1.82) is 0 Å². The van der Waals surface area contributed by atoms with Crippen molar-refractivity contribution >= 4 is 17.7 Å². The Bertz CT molecular complexity index is 487. The van der Waals surface area contributed by atoms with Crippen molar-refractivity contribution in [2.45, 2.75) is 13.3 Å². The summed E-state index contributed by atoms with van der Waals surface area (Å²) in [5.41, 5.74) is 1.22.